The Bertz CT molecular complexity index is 400. The van der Waals surface area contributed by atoms with Crippen LogP contribution in [0.3, 0.4) is 0 Å². The first-order chi connectivity index (χ1) is 8.63. The number of nitrogens with two attached hydrogens (primary N) is 1. The zero-order chi connectivity index (χ0) is 13.4. The van der Waals surface area contributed by atoms with E-state index < -0.39 is 6.04 Å². The normalized spacial score (nSPS) is 11.1. The molecule has 2 amide bonds. The van der Waals surface area contributed by atoms with Crippen molar-refractivity contribution in [2.24, 2.45) is 5.73 Å². The lowest BCUT2D eigenvalue weighted by Gasteiger charge is -2.11. The minimum absolute atomic E-state index is 0. The highest BCUT2D eigenvalue weighted by molar-refractivity contribution is 5.95. The molecule has 1 aromatic heterocycles. The summed E-state index contributed by atoms with van der Waals surface area (Å²) in [5.41, 5.74) is 6.21. The summed E-state index contributed by atoms with van der Waals surface area (Å²) in [7, 11) is 0. The van der Waals surface area contributed by atoms with E-state index in [9.17, 15) is 9.59 Å². The molecule has 1 aromatic rings. The summed E-state index contributed by atoms with van der Waals surface area (Å²) in [5, 5.41) is 5.10. The van der Waals surface area contributed by atoms with Crippen LogP contribution in [0.4, 0.5) is 5.69 Å². The van der Waals surface area contributed by atoms with Crippen LogP contribution in [0.25, 0.3) is 0 Å². The highest BCUT2D eigenvalue weighted by atomic mass is 35.5. The molecule has 7 heteroatoms. The lowest BCUT2D eigenvalue weighted by molar-refractivity contribution is -0.125. The van der Waals surface area contributed by atoms with Crippen molar-refractivity contribution in [1.29, 1.82) is 0 Å². The maximum atomic E-state index is 11.5. The summed E-state index contributed by atoms with van der Waals surface area (Å²) in [6.45, 7) is 1.85. The first kappa shape index (κ1) is 17.3. The van der Waals surface area contributed by atoms with Crippen LogP contribution in [-0.4, -0.2) is 29.4 Å². The van der Waals surface area contributed by atoms with Crippen molar-refractivity contribution in [3.05, 3.63) is 24.5 Å². The van der Waals surface area contributed by atoms with Crippen molar-refractivity contribution < 1.29 is 9.59 Å². The van der Waals surface area contributed by atoms with E-state index in [0.29, 0.717) is 12.1 Å². The number of carbonyl (C=O) groups excluding carboxylic acids is 2. The Morgan fingerprint density at radius 2 is 2.21 bits per heavy atom. The molecule has 0 aliphatic carbocycles. The van der Waals surface area contributed by atoms with Gasteiger partial charge in [0.1, 0.15) is 0 Å². The molecule has 0 aromatic carbocycles. The van der Waals surface area contributed by atoms with E-state index >= 15 is 0 Å². The molecule has 1 heterocycles. The standard InChI is InChI=1S/C12H18N4O2.ClH/c1-2-4-10(13)12(18)15-8-11(17)16-9-5-3-6-14-7-9;/h3,5-7,10H,2,4,8,13H2,1H3,(H,15,18)(H,16,17);1H. The molecule has 0 aliphatic heterocycles. The highest BCUT2D eigenvalue weighted by Crippen LogP contribution is 2.01. The lowest BCUT2D eigenvalue weighted by atomic mass is 10.2. The van der Waals surface area contributed by atoms with Gasteiger partial charge in [0.2, 0.25) is 11.8 Å². The molecule has 19 heavy (non-hydrogen) atoms. The number of carbonyl (C=O) groups is 2. The van der Waals surface area contributed by atoms with Gasteiger partial charge in [-0.05, 0) is 18.6 Å². The molecule has 106 valence electrons. The molecular formula is C12H19ClN4O2. The number of hydrogen-bond acceptors (Lipinski definition) is 4. The van der Waals surface area contributed by atoms with Gasteiger partial charge in [-0.15, -0.1) is 12.4 Å². The molecule has 1 atom stereocenters. The molecule has 0 bridgehead atoms. The Kier molecular flexibility index (Phi) is 8.48. The second-order valence-electron chi connectivity index (χ2n) is 3.90. The molecule has 0 spiro atoms. The third-order valence-electron chi connectivity index (χ3n) is 2.30. The van der Waals surface area contributed by atoms with E-state index in [0.717, 1.165) is 6.42 Å². The maximum absolute atomic E-state index is 11.5. The predicted molar refractivity (Wildman–Crippen MR) is 76.0 cm³/mol. The van der Waals surface area contributed by atoms with Gasteiger partial charge in [-0.1, -0.05) is 13.3 Å². The van der Waals surface area contributed by atoms with Crippen molar-refractivity contribution in [3.63, 3.8) is 0 Å². The van der Waals surface area contributed by atoms with Crippen LogP contribution in [0.1, 0.15) is 19.8 Å². The number of pyridine rings is 1. The molecule has 0 radical (unpaired) electrons. The Balaban J connectivity index is 0.00000324. The number of nitrogens with zero attached hydrogens (tertiary/aromatic N) is 1. The van der Waals surface area contributed by atoms with E-state index in [1.807, 2.05) is 6.92 Å². The molecule has 1 rings (SSSR count). The van der Waals surface area contributed by atoms with E-state index in [4.69, 9.17) is 5.73 Å². The smallest absolute Gasteiger partial charge is 0.243 e. The Morgan fingerprint density at radius 1 is 1.47 bits per heavy atom. The van der Waals surface area contributed by atoms with Crippen LogP contribution >= 0.6 is 12.4 Å². The monoisotopic (exact) mass is 286 g/mol. The number of anilines is 1. The average molecular weight is 287 g/mol. The second-order valence-corrected chi connectivity index (χ2v) is 3.90. The topological polar surface area (TPSA) is 97.1 Å². The van der Waals surface area contributed by atoms with E-state index in [2.05, 4.69) is 15.6 Å². The highest BCUT2D eigenvalue weighted by Gasteiger charge is 2.13. The summed E-state index contributed by atoms with van der Waals surface area (Å²) in [6.07, 6.45) is 4.58. The van der Waals surface area contributed by atoms with Gasteiger partial charge in [-0.2, -0.15) is 0 Å². The Hall–Kier alpha value is -1.66. The van der Waals surface area contributed by atoms with Gasteiger partial charge in [-0.3, -0.25) is 14.6 Å². The van der Waals surface area contributed by atoms with E-state index in [1.54, 1.807) is 18.3 Å². The molecular weight excluding hydrogens is 268 g/mol. The lowest BCUT2D eigenvalue weighted by Crippen LogP contribution is -2.43. The fourth-order valence-corrected chi connectivity index (χ4v) is 1.38. The zero-order valence-corrected chi connectivity index (χ0v) is 11.6. The summed E-state index contributed by atoms with van der Waals surface area (Å²) < 4.78 is 0. The van der Waals surface area contributed by atoms with Crippen molar-refractivity contribution in [1.82, 2.24) is 10.3 Å². The Labute approximate surface area is 118 Å². The van der Waals surface area contributed by atoms with Gasteiger partial charge >= 0.3 is 0 Å². The van der Waals surface area contributed by atoms with Gasteiger partial charge < -0.3 is 16.4 Å². The fourth-order valence-electron chi connectivity index (χ4n) is 1.38. The fraction of sp³-hybridized carbons (Fsp3) is 0.417. The molecule has 0 aliphatic rings. The number of amides is 2. The van der Waals surface area contributed by atoms with Crippen LogP contribution in [0.15, 0.2) is 24.5 Å². The summed E-state index contributed by atoms with van der Waals surface area (Å²) >= 11 is 0. The summed E-state index contributed by atoms with van der Waals surface area (Å²) in [4.78, 5) is 26.8. The van der Waals surface area contributed by atoms with Crippen molar-refractivity contribution in [3.8, 4) is 0 Å². The van der Waals surface area contributed by atoms with Gasteiger partial charge in [0, 0.05) is 6.20 Å². The average Bonchev–Trinajstić information content (AvgIpc) is 2.37. The summed E-state index contributed by atoms with van der Waals surface area (Å²) in [5.74, 6) is -0.613. The molecule has 0 fully saturated rings. The van der Waals surface area contributed by atoms with Crippen molar-refractivity contribution in [2.75, 3.05) is 11.9 Å². The molecule has 4 N–H and O–H groups in total. The third kappa shape index (κ3) is 6.73. The van der Waals surface area contributed by atoms with Crippen LogP contribution in [0, 0.1) is 0 Å². The Morgan fingerprint density at radius 3 is 2.79 bits per heavy atom. The minimum Gasteiger partial charge on any atom is -0.346 e. The number of rotatable bonds is 6. The quantitative estimate of drug-likeness (QED) is 0.716. The minimum atomic E-state index is -0.554. The number of aromatic nitrogens is 1. The van der Waals surface area contributed by atoms with Gasteiger partial charge in [-0.25, -0.2) is 0 Å². The molecule has 6 nitrogen and oxygen atoms in total. The first-order valence-corrected chi connectivity index (χ1v) is 5.86. The van der Waals surface area contributed by atoms with Gasteiger partial charge in [0.25, 0.3) is 0 Å². The first-order valence-electron chi connectivity index (χ1n) is 5.86. The van der Waals surface area contributed by atoms with Gasteiger partial charge in [0.05, 0.1) is 24.5 Å². The molecule has 1 unspecified atom stereocenters. The van der Waals surface area contributed by atoms with Crippen LogP contribution in [0.5, 0.6) is 0 Å². The number of hydrogen-bond donors (Lipinski definition) is 3. The number of halogens is 1. The largest absolute Gasteiger partial charge is 0.346 e. The molecule has 0 saturated carbocycles. The van der Waals surface area contributed by atoms with Crippen LogP contribution < -0.4 is 16.4 Å². The van der Waals surface area contributed by atoms with E-state index in [-0.39, 0.29) is 30.8 Å². The summed E-state index contributed by atoms with van der Waals surface area (Å²) in [6, 6.07) is 2.88. The third-order valence-corrected chi connectivity index (χ3v) is 2.30. The predicted octanol–water partition coefficient (Wildman–Crippen LogP) is 0.686. The van der Waals surface area contributed by atoms with Crippen LogP contribution in [-0.2, 0) is 9.59 Å². The second kappa shape index (κ2) is 9.29. The van der Waals surface area contributed by atoms with E-state index in [1.165, 1.54) is 6.20 Å². The molecule has 0 saturated heterocycles. The SMILES string of the molecule is CCCC(N)C(=O)NCC(=O)Nc1cccnc1.Cl. The maximum Gasteiger partial charge on any atom is 0.243 e. The van der Waals surface area contributed by atoms with Crippen LogP contribution in [0.2, 0.25) is 0 Å². The van der Waals surface area contributed by atoms with Crippen molar-refractivity contribution in [2.45, 2.75) is 25.8 Å². The van der Waals surface area contributed by atoms with Crippen molar-refractivity contribution >= 4 is 29.9 Å². The number of nitrogens with one attached hydrogen (secondary N) is 2. The van der Waals surface area contributed by atoms with Gasteiger partial charge in [0.15, 0.2) is 0 Å². The zero-order valence-electron chi connectivity index (χ0n) is 10.8.